The molecule has 0 heterocycles. The molecule has 0 unspecified atom stereocenters. The molecule has 98 valence electrons. The Bertz CT molecular complexity index is 554. The number of benzene rings is 2. The van der Waals surface area contributed by atoms with E-state index in [0.717, 1.165) is 5.56 Å². The van der Waals surface area contributed by atoms with Crippen molar-refractivity contribution < 1.29 is 14.6 Å². The minimum absolute atomic E-state index is 0.308. The highest BCUT2D eigenvalue weighted by Gasteiger charge is 2.20. The predicted molar refractivity (Wildman–Crippen MR) is 73.6 cm³/mol. The third kappa shape index (κ3) is 4.00. The van der Waals surface area contributed by atoms with Crippen LogP contribution < -0.4 is 4.74 Å². The number of halogens is 1. The van der Waals surface area contributed by atoms with Crippen LogP contribution in [0, 0.1) is 0 Å². The molecular formula is C15H13ClO3. The van der Waals surface area contributed by atoms with Crippen LogP contribution >= 0.6 is 11.6 Å². The van der Waals surface area contributed by atoms with Crippen molar-refractivity contribution >= 4 is 17.6 Å². The molecule has 3 nitrogen and oxygen atoms in total. The van der Waals surface area contributed by atoms with E-state index >= 15 is 0 Å². The van der Waals surface area contributed by atoms with Crippen molar-refractivity contribution in [1.82, 2.24) is 0 Å². The zero-order valence-electron chi connectivity index (χ0n) is 10.1. The predicted octanol–water partition coefficient (Wildman–Crippen LogP) is 3.41. The fourth-order valence-corrected chi connectivity index (χ4v) is 1.89. The second-order valence-electron chi connectivity index (χ2n) is 4.09. The Hall–Kier alpha value is -2.00. The van der Waals surface area contributed by atoms with Gasteiger partial charge in [0.1, 0.15) is 5.75 Å². The average Bonchev–Trinajstić information content (AvgIpc) is 2.39. The molecule has 0 bridgehead atoms. The molecule has 0 radical (unpaired) electrons. The van der Waals surface area contributed by atoms with Gasteiger partial charge in [-0.05, 0) is 23.8 Å². The number of carboxylic acid groups (broad SMARTS) is 1. The summed E-state index contributed by atoms with van der Waals surface area (Å²) in [7, 11) is 0. The minimum atomic E-state index is -0.996. The van der Waals surface area contributed by atoms with Crippen molar-refractivity contribution in [2.24, 2.45) is 0 Å². The van der Waals surface area contributed by atoms with Crippen molar-refractivity contribution in [2.45, 2.75) is 12.5 Å². The number of carbonyl (C=O) groups is 1. The second kappa shape index (κ2) is 6.25. The zero-order valence-corrected chi connectivity index (χ0v) is 10.9. The topological polar surface area (TPSA) is 46.5 Å². The van der Waals surface area contributed by atoms with Crippen molar-refractivity contribution in [1.29, 1.82) is 0 Å². The van der Waals surface area contributed by atoms with Gasteiger partial charge in [0.25, 0.3) is 0 Å². The quantitative estimate of drug-likeness (QED) is 0.910. The number of hydrogen-bond acceptors (Lipinski definition) is 2. The summed E-state index contributed by atoms with van der Waals surface area (Å²) >= 11 is 5.84. The summed E-state index contributed by atoms with van der Waals surface area (Å²) < 4.78 is 5.48. The van der Waals surface area contributed by atoms with E-state index in [1.807, 2.05) is 30.3 Å². The molecule has 0 spiro atoms. The van der Waals surface area contributed by atoms with Gasteiger partial charge in [0.05, 0.1) is 0 Å². The van der Waals surface area contributed by atoms with Gasteiger partial charge < -0.3 is 9.84 Å². The summed E-state index contributed by atoms with van der Waals surface area (Å²) in [5.74, 6) is -0.542. The number of hydrogen-bond donors (Lipinski definition) is 1. The Morgan fingerprint density at radius 2 is 1.89 bits per heavy atom. The van der Waals surface area contributed by atoms with Gasteiger partial charge in [-0.2, -0.15) is 0 Å². The SMILES string of the molecule is O=C(O)[C@H](Cc1ccccc1)Oc1cccc(Cl)c1. The maximum absolute atomic E-state index is 11.2. The molecule has 0 saturated carbocycles. The van der Waals surface area contributed by atoms with Crippen LogP contribution in [0.5, 0.6) is 5.75 Å². The van der Waals surface area contributed by atoms with E-state index in [9.17, 15) is 9.90 Å². The number of rotatable bonds is 5. The lowest BCUT2D eigenvalue weighted by Gasteiger charge is -2.15. The largest absolute Gasteiger partial charge is 0.478 e. The number of aliphatic carboxylic acids is 1. The van der Waals surface area contributed by atoms with Crippen molar-refractivity contribution in [2.75, 3.05) is 0 Å². The van der Waals surface area contributed by atoms with E-state index in [-0.39, 0.29) is 0 Å². The second-order valence-corrected chi connectivity index (χ2v) is 4.53. The van der Waals surface area contributed by atoms with Crippen LogP contribution in [0.3, 0.4) is 0 Å². The highest BCUT2D eigenvalue weighted by atomic mass is 35.5. The first kappa shape index (κ1) is 13.4. The molecule has 2 aromatic rings. The van der Waals surface area contributed by atoms with E-state index < -0.39 is 12.1 Å². The van der Waals surface area contributed by atoms with Gasteiger partial charge in [0, 0.05) is 11.4 Å². The fourth-order valence-electron chi connectivity index (χ4n) is 1.71. The van der Waals surface area contributed by atoms with Crippen LogP contribution in [0.15, 0.2) is 54.6 Å². The zero-order chi connectivity index (χ0) is 13.7. The molecule has 0 fully saturated rings. The molecule has 1 atom stereocenters. The summed E-state index contributed by atoms with van der Waals surface area (Å²) in [6, 6.07) is 16.1. The molecular weight excluding hydrogens is 264 g/mol. The molecule has 0 amide bonds. The average molecular weight is 277 g/mol. The highest BCUT2D eigenvalue weighted by Crippen LogP contribution is 2.19. The molecule has 2 aromatic carbocycles. The molecule has 0 aliphatic carbocycles. The first-order valence-electron chi connectivity index (χ1n) is 5.84. The Balaban J connectivity index is 2.11. The van der Waals surface area contributed by atoms with Crippen LogP contribution in [0.1, 0.15) is 5.56 Å². The normalized spacial score (nSPS) is 11.8. The van der Waals surface area contributed by atoms with Gasteiger partial charge >= 0.3 is 5.97 Å². The lowest BCUT2D eigenvalue weighted by molar-refractivity contribution is -0.145. The Labute approximate surface area is 116 Å². The van der Waals surface area contributed by atoms with Crippen LogP contribution in [-0.4, -0.2) is 17.2 Å². The molecule has 19 heavy (non-hydrogen) atoms. The van der Waals surface area contributed by atoms with Crippen molar-refractivity contribution in [3.8, 4) is 5.75 Å². The first-order chi connectivity index (χ1) is 9.15. The summed E-state index contributed by atoms with van der Waals surface area (Å²) in [5.41, 5.74) is 0.914. The van der Waals surface area contributed by atoms with Gasteiger partial charge in [0.2, 0.25) is 0 Å². The van der Waals surface area contributed by atoms with Crippen LogP contribution in [0.2, 0.25) is 5.02 Å². The van der Waals surface area contributed by atoms with Gasteiger partial charge in [-0.15, -0.1) is 0 Å². The summed E-state index contributed by atoms with van der Waals surface area (Å²) in [6.45, 7) is 0. The highest BCUT2D eigenvalue weighted by molar-refractivity contribution is 6.30. The lowest BCUT2D eigenvalue weighted by Crippen LogP contribution is -2.29. The smallest absolute Gasteiger partial charge is 0.345 e. The maximum atomic E-state index is 11.2. The maximum Gasteiger partial charge on any atom is 0.345 e. The van der Waals surface area contributed by atoms with E-state index in [0.29, 0.717) is 17.2 Å². The molecule has 0 aliphatic rings. The Morgan fingerprint density at radius 3 is 2.53 bits per heavy atom. The Morgan fingerprint density at radius 1 is 1.16 bits per heavy atom. The van der Waals surface area contributed by atoms with E-state index in [2.05, 4.69) is 0 Å². The van der Waals surface area contributed by atoms with Crippen LogP contribution in [-0.2, 0) is 11.2 Å². The van der Waals surface area contributed by atoms with Crippen LogP contribution in [0.4, 0.5) is 0 Å². The fraction of sp³-hybridized carbons (Fsp3) is 0.133. The third-order valence-corrected chi connectivity index (χ3v) is 2.85. The molecule has 1 N–H and O–H groups in total. The standard InChI is InChI=1S/C15H13ClO3/c16-12-7-4-8-13(10-12)19-14(15(17)18)9-11-5-2-1-3-6-11/h1-8,10,14H,9H2,(H,17,18)/t14-/m0/s1. The van der Waals surface area contributed by atoms with E-state index in [4.69, 9.17) is 16.3 Å². The van der Waals surface area contributed by atoms with E-state index in [1.54, 1.807) is 24.3 Å². The van der Waals surface area contributed by atoms with Gasteiger partial charge in [-0.3, -0.25) is 0 Å². The van der Waals surface area contributed by atoms with Crippen LogP contribution in [0.25, 0.3) is 0 Å². The summed E-state index contributed by atoms with van der Waals surface area (Å²) in [6.07, 6.45) is -0.622. The Kier molecular flexibility index (Phi) is 4.42. The van der Waals surface area contributed by atoms with Crippen molar-refractivity contribution in [3.05, 3.63) is 65.2 Å². The lowest BCUT2D eigenvalue weighted by atomic mass is 10.1. The molecule has 0 aromatic heterocycles. The number of carboxylic acids is 1. The minimum Gasteiger partial charge on any atom is -0.478 e. The summed E-state index contributed by atoms with van der Waals surface area (Å²) in [4.78, 5) is 11.2. The number of ether oxygens (including phenoxy) is 1. The van der Waals surface area contributed by atoms with Gasteiger partial charge in [-0.1, -0.05) is 48.0 Å². The molecule has 4 heteroatoms. The van der Waals surface area contributed by atoms with Gasteiger partial charge in [-0.25, -0.2) is 4.79 Å². The first-order valence-corrected chi connectivity index (χ1v) is 6.22. The van der Waals surface area contributed by atoms with Gasteiger partial charge in [0.15, 0.2) is 6.10 Å². The summed E-state index contributed by atoms with van der Waals surface area (Å²) in [5, 5.41) is 9.72. The molecule has 2 rings (SSSR count). The van der Waals surface area contributed by atoms with E-state index in [1.165, 1.54) is 0 Å². The molecule has 0 aliphatic heterocycles. The molecule has 0 saturated heterocycles. The van der Waals surface area contributed by atoms with Crippen molar-refractivity contribution in [3.63, 3.8) is 0 Å². The monoisotopic (exact) mass is 276 g/mol. The third-order valence-electron chi connectivity index (χ3n) is 2.61.